The summed E-state index contributed by atoms with van der Waals surface area (Å²) in [7, 11) is 0. The van der Waals surface area contributed by atoms with Crippen molar-refractivity contribution in [2.75, 3.05) is 0 Å². The lowest BCUT2D eigenvalue weighted by atomic mass is 9.94. The van der Waals surface area contributed by atoms with Crippen LogP contribution in [0, 0.1) is 10.1 Å². The quantitative estimate of drug-likeness (QED) is 0.511. The molecule has 3 aromatic carbocycles. The highest BCUT2D eigenvalue weighted by atomic mass is 16.6. The summed E-state index contributed by atoms with van der Waals surface area (Å²) in [6.45, 7) is 0. The molecule has 0 radical (unpaired) electrons. The molecule has 0 aliphatic carbocycles. The standard InChI is InChI=1S/C18H13NO2/c20-19(21)13-12-15-7-2-4-10-17(15)18-11-5-8-14-6-1-3-9-16(14)18/h1-13H/b13-12+. The molecule has 0 saturated heterocycles. The largest absolute Gasteiger partial charge is 0.259 e. The van der Waals surface area contributed by atoms with Crippen LogP contribution in [0.15, 0.2) is 72.9 Å². The van der Waals surface area contributed by atoms with Gasteiger partial charge in [-0.05, 0) is 27.5 Å². The molecule has 0 aliphatic rings. The Kier molecular flexibility index (Phi) is 3.48. The second-order valence-electron chi connectivity index (χ2n) is 4.72. The molecule has 0 aromatic heterocycles. The molecule has 3 nitrogen and oxygen atoms in total. The van der Waals surface area contributed by atoms with Crippen molar-refractivity contribution in [1.82, 2.24) is 0 Å². The maximum absolute atomic E-state index is 10.6. The molecule has 0 fully saturated rings. The average Bonchev–Trinajstić information content (AvgIpc) is 2.53. The smallest absolute Gasteiger partial charge is 0.235 e. The number of fused-ring (bicyclic) bond motifs is 1. The van der Waals surface area contributed by atoms with E-state index in [0.717, 1.165) is 33.7 Å². The van der Waals surface area contributed by atoms with Crippen LogP contribution in [0.2, 0.25) is 0 Å². The topological polar surface area (TPSA) is 43.1 Å². The first-order valence-electron chi connectivity index (χ1n) is 6.64. The van der Waals surface area contributed by atoms with E-state index in [4.69, 9.17) is 0 Å². The zero-order chi connectivity index (χ0) is 14.7. The number of nitrogens with zero attached hydrogens (tertiary/aromatic N) is 1. The molecule has 0 atom stereocenters. The molecular weight excluding hydrogens is 262 g/mol. The molecule has 102 valence electrons. The summed E-state index contributed by atoms with van der Waals surface area (Å²) in [5, 5.41) is 12.8. The number of benzene rings is 3. The van der Waals surface area contributed by atoms with E-state index in [1.54, 1.807) is 0 Å². The van der Waals surface area contributed by atoms with Gasteiger partial charge in [-0.1, -0.05) is 66.7 Å². The van der Waals surface area contributed by atoms with E-state index in [0.29, 0.717) is 0 Å². The van der Waals surface area contributed by atoms with Crippen LogP contribution in [-0.2, 0) is 0 Å². The molecule has 21 heavy (non-hydrogen) atoms. The lowest BCUT2D eigenvalue weighted by molar-refractivity contribution is -0.400. The fourth-order valence-electron chi connectivity index (χ4n) is 2.49. The van der Waals surface area contributed by atoms with Crippen LogP contribution >= 0.6 is 0 Å². The van der Waals surface area contributed by atoms with Gasteiger partial charge in [0.1, 0.15) is 0 Å². The maximum atomic E-state index is 10.6. The summed E-state index contributed by atoms with van der Waals surface area (Å²) in [5.74, 6) is 0. The Morgan fingerprint density at radius 3 is 2.33 bits per heavy atom. The van der Waals surface area contributed by atoms with Crippen molar-refractivity contribution in [2.24, 2.45) is 0 Å². The molecule has 3 heteroatoms. The van der Waals surface area contributed by atoms with E-state index in [1.165, 1.54) is 6.08 Å². The van der Waals surface area contributed by atoms with E-state index in [2.05, 4.69) is 18.2 Å². The number of hydrogen-bond acceptors (Lipinski definition) is 2. The van der Waals surface area contributed by atoms with Gasteiger partial charge < -0.3 is 0 Å². The van der Waals surface area contributed by atoms with Gasteiger partial charge in [0.05, 0.1) is 4.92 Å². The third-order valence-electron chi connectivity index (χ3n) is 3.42. The molecule has 0 N–H and O–H groups in total. The van der Waals surface area contributed by atoms with Crippen LogP contribution in [0.3, 0.4) is 0 Å². The lowest BCUT2D eigenvalue weighted by Crippen LogP contribution is -1.87. The second-order valence-corrected chi connectivity index (χ2v) is 4.72. The van der Waals surface area contributed by atoms with Crippen molar-refractivity contribution in [1.29, 1.82) is 0 Å². The minimum absolute atomic E-state index is 0.445. The monoisotopic (exact) mass is 275 g/mol. The summed E-state index contributed by atoms with van der Waals surface area (Å²) in [4.78, 5) is 10.1. The fourth-order valence-corrected chi connectivity index (χ4v) is 2.49. The normalized spacial score (nSPS) is 11.0. The Labute approximate surface area is 122 Å². The fraction of sp³-hybridized carbons (Fsp3) is 0. The number of nitro groups is 1. The average molecular weight is 275 g/mol. The van der Waals surface area contributed by atoms with Gasteiger partial charge in [-0.2, -0.15) is 0 Å². The molecule has 0 spiro atoms. The van der Waals surface area contributed by atoms with Crippen molar-refractivity contribution < 1.29 is 4.92 Å². The molecular formula is C18H13NO2. The highest BCUT2D eigenvalue weighted by Crippen LogP contribution is 2.31. The Balaban J connectivity index is 2.22. The summed E-state index contributed by atoms with van der Waals surface area (Å²) < 4.78 is 0. The van der Waals surface area contributed by atoms with Crippen molar-refractivity contribution in [3.05, 3.63) is 88.6 Å². The van der Waals surface area contributed by atoms with Gasteiger partial charge in [-0.3, -0.25) is 10.1 Å². The van der Waals surface area contributed by atoms with Crippen molar-refractivity contribution >= 4 is 16.8 Å². The van der Waals surface area contributed by atoms with Crippen LogP contribution in [0.1, 0.15) is 5.56 Å². The van der Waals surface area contributed by atoms with Crippen molar-refractivity contribution in [3.63, 3.8) is 0 Å². The third kappa shape index (κ3) is 2.67. The molecule has 0 aliphatic heterocycles. The van der Waals surface area contributed by atoms with E-state index in [9.17, 15) is 10.1 Å². The van der Waals surface area contributed by atoms with E-state index >= 15 is 0 Å². The highest BCUT2D eigenvalue weighted by molar-refractivity contribution is 5.98. The minimum atomic E-state index is -0.445. The third-order valence-corrected chi connectivity index (χ3v) is 3.42. The molecule has 3 rings (SSSR count). The maximum Gasteiger partial charge on any atom is 0.235 e. The van der Waals surface area contributed by atoms with Gasteiger partial charge in [0.2, 0.25) is 6.20 Å². The summed E-state index contributed by atoms with van der Waals surface area (Å²) in [5.41, 5.74) is 2.91. The van der Waals surface area contributed by atoms with Crippen molar-refractivity contribution in [3.8, 4) is 11.1 Å². The Hall–Kier alpha value is -2.94. The van der Waals surface area contributed by atoms with E-state index < -0.39 is 4.92 Å². The SMILES string of the molecule is O=[N+]([O-])/C=C/c1ccccc1-c1cccc2ccccc12. The van der Waals surface area contributed by atoms with Crippen molar-refractivity contribution in [2.45, 2.75) is 0 Å². The number of hydrogen-bond donors (Lipinski definition) is 0. The Bertz CT molecular complexity index is 832. The first kappa shape index (κ1) is 13.1. The van der Waals surface area contributed by atoms with Crippen LogP contribution < -0.4 is 0 Å². The molecule has 3 aromatic rings. The lowest BCUT2D eigenvalue weighted by Gasteiger charge is -2.09. The van der Waals surface area contributed by atoms with E-state index in [-0.39, 0.29) is 0 Å². The highest BCUT2D eigenvalue weighted by Gasteiger charge is 2.06. The molecule has 0 bridgehead atoms. The molecule has 0 amide bonds. The van der Waals surface area contributed by atoms with Gasteiger partial charge in [-0.25, -0.2) is 0 Å². The summed E-state index contributed by atoms with van der Waals surface area (Å²) in [6, 6.07) is 22.0. The van der Waals surface area contributed by atoms with Gasteiger partial charge in [0.25, 0.3) is 0 Å². The van der Waals surface area contributed by atoms with Crippen LogP contribution in [0.4, 0.5) is 0 Å². The zero-order valence-electron chi connectivity index (χ0n) is 11.3. The molecule has 0 saturated carbocycles. The van der Waals surface area contributed by atoms with E-state index in [1.807, 2.05) is 48.5 Å². The first-order chi connectivity index (χ1) is 10.3. The summed E-state index contributed by atoms with van der Waals surface area (Å²) in [6.07, 6.45) is 2.51. The van der Waals surface area contributed by atoms with Crippen LogP contribution in [0.25, 0.3) is 28.0 Å². The molecule has 0 unspecified atom stereocenters. The first-order valence-corrected chi connectivity index (χ1v) is 6.64. The predicted octanol–water partition coefficient (Wildman–Crippen LogP) is 4.75. The minimum Gasteiger partial charge on any atom is -0.259 e. The van der Waals surface area contributed by atoms with Gasteiger partial charge >= 0.3 is 0 Å². The van der Waals surface area contributed by atoms with Gasteiger partial charge in [-0.15, -0.1) is 0 Å². The predicted molar refractivity (Wildman–Crippen MR) is 85.4 cm³/mol. The second kappa shape index (κ2) is 5.59. The summed E-state index contributed by atoms with van der Waals surface area (Å²) >= 11 is 0. The Morgan fingerprint density at radius 2 is 1.48 bits per heavy atom. The van der Waals surface area contributed by atoms with Crippen LogP contribution in [-0.4, -0.2) is 4.92 Å². The van der Waals surface area contributed by atoms with Gasteiger partial charge in [0.15, 0.2) is 0 Å². The zero-order valence-corrected chi connectivity index (χ0v) is 11.3. The molecule has 0 heterocycles. The Morgan fingerprint density at radius 1 is 0.810 bits per heavy atom. The van der Waals surface area contributed by atoms with Gasteiger partial charge in [0, 0.05) is 6.08 Å². The van der Waals surface area contributed by atoms with Crippen LogP contribution in [0.5, 0.6) is 0 Å². The number of rotatable bonds is 3.